The second kappa shape index (κ2) is 4.88. The number of pyridine rings is 1. The third kappa shape index (κ3) is 2.87. The average Bonchev–Trinajstić information content (AvgIpc) is 2.66. The highest BCUT2D eigenvalue weighted by molar-refractivity contribution is 9.11. The van der Waals surface area contributed by atoms with Crippen molar-refractivity contribution in [3.05, 3.63) is 50.9 Å². The summed E-state index contributed by atoms with van der Waals surface area (Å²) in [5.74, 6) is 0. The molecule has 0 aliphatic heterocycles. The van der Waals surface area contributed by atoms with Gasteiger partial charge in [0.1, 0.15) is 0 Å². The van der Waals surface area contributed by atoms with Gasteiger partial charge in [0.2, 0.25) is 0 Å². The number of hydrogen-bond acceptors (Lipinski definition) is 3. The highest BCUT2D eigenvalue weighted by Crippen LogP contribution is 2.27. The summed E-state index contributed by atoms with van der Waals surface area (Å²) in [6.45, 7) is 0. The van der Waals surface area contributed by atoms with Crippen LogP contribution < -0.4 is 5.73 Å². The maximum absolute atomic E-state index is 6.11. The summed E-state index contributed by atoms with van der Waals surface area (Å²) in [6.07, 6.45) is 4.45. The van der Waals surface area contributed by atoms with E-state index < -0.39 is 0 Å². The molecular formula is C11H11BrN2S. The molecule has 0 aliphatic rings. The van der Waals surface area contributed by atoms with Gasteiger partial charge in [0.15, 0.2) is 0 Å². The molecule has 0 amide bonds. The van der Waals surface area contributed by atoms with Crippen molar-refractivity contribution < 1.29 is 0 Å². The van der Waals surface area contributed by atoms with Crippen molar-refractivity contribution in [2.45, 2.75) is 12.5 Å². The first-order valence-corrected chi connectivity index (χ1v) is 6.26. The van der Waals surface area contributed by atoms with E-state index in [0.717, 1.165) is 10.2 Å². The van der Waals surface area contributed by atoms with Crippen molar-refractivity contribution in [1.82, 2.24) is 4.98 Å². The zero-order valence-electron chi connectivity index (χ0n) is 8.06. The van der Waals surface area contributed by atoms with Crippen LogP contribution in [0.15, 0.2) is 40.4 Å². The van der Waals surface area contributed by atoms with Crippen LogP contribution in [0.25, 0.3) is 0 Å². The standard InChI is InChI=1S/C11H11BrN2S/c12-11-2-1-10(15-11)9(13)7-8-3-5-14-6-4-8/h1-6,9H,7,13H2. The third-order valence-electron chi connectivity index (χ3n) is 2.16. The molecule has 4 heteroatoms. The SMILES string of the molecule is NC(Cc1ccncc1)c1ccc(Br)s1. The van der Waals surface area contributed by atoms with Crippen LogP contribution in [0.5, 0.6) is 0 Å². The summed E-state index contributed by atoms with van der Waals surface area (Å²) in [4.78, 5) is 5.19. The molecule has 1 atom stereocenters. The molecule has 15 heavy (non-hydrogen) atoms. The van der Waals surface area contributed by atoms with Crippen LogP contribution in [0.3, 0.4) is 0 Å². The van der Waals surface area contributed by atoms with Crippen LogP contribution in [0.4, 0.5) is 0 Å². The van der Waals surface area contributed by atoms with E-state index in [2.05, 4.69) is 27.0 Å². The number of nitrogens with zero attached hydrogens (tertiary/aromatic N) is 1. The van der Waals surface area contributed by atoms with Crippen LogP contribution in [0.1, 0.15) is 16.5 Å². The van der Waals surface area contributed by atoms with Crippen molar-refractivity contribution >= 4 is 27.3 Å². The van der Waals surface area contributed by atoms with Crippen LogP contribution >= 0.6 is 27.3 Å². The van der Waals surface area contributed by atoms with Crippen LogP contribution in [-0.4, -0.2) is 4.98 Å². The molecule has 0 spiro atoms. The van der Waals surface area contributed by atoms with E-state index >= 15 is 0 Å². The second-order valence-electron chi connectivity index (χ2n) is 3.31. The van der Waals surface area contributed by atoms with Crippen LogP contribution in [-0.2, 0) is 6.42 Å². The normalized spacial score (nSPS) is 12.7. The topological polar surface area (TPSA) is 38.9 Å². The Morgan fingerprint density at radius 1 is 1.27 bits per heavy atom. The lowest BCUT2D eigenvalue weighted by atomic mass is 10.1. The summed E-state index contributed by atoms with van der Waals surface area (Å²) in [5, 5.41) is 0. The number of rotatable bonds is 3. The zero-order valence-corrected chi connectivity index (χ0v) is 10.5. The molecule has 0 saturated heterocycles. The Labute approximate surface area is 101 Å². The molecule has 0 aliphatic carbocycles. The van der Waals surface area contributed by atoms with Gasteiger partial charge in [-0.05, 0) is 52.2 Å². The fourth-order valence-corrected chi connectivity index (χ4v) is 2.83. The van der Waals surface area contributed by atoms with E-state index in [0.29, 0.717) is 0 Å². The molecule has 2 aromatic rings. The quantitative estimate of drug-likeness (QED) is 0.939. The summed E-state index contributed by atoms with van der Waals surface area (Å²) in [5.41, 5.74) is 7.33. The summed E-state index contributed by atoms with van der Waals surface area (Å²) >= 11 is 5.13. The van der Waals surface area contributed by atoms with Gasteiger partial charge in [0, 0.05) is 23.3 Å². The minimum Gasteiger partial charge on any atom is -0.323 e. The molecule has 1 unspecified atom stereocenters. The minimum atomic E-state index is 0.0729. The van der Waals surface area contributed by atoms with E-state index in [-0.39, 0.29) is 6.04 Å². The molecule has 78 valence electrons. The highest BCUT2D eigenvalue weighted by Gasteiger charge is 2.09. The number of thiophene rings is 1. The maximum Gasteiger partial charge on any atom is 0.0701 e. The molecule has 0 radical (unpaired) electrons. The first-order chi connectivity index (χ1) is 7.25. The third-order valence-corrected chi connectivity index (χ3v) is 3.92. The van der Waals surface area contributed by atoms with Crippen molar-refractivity contribution in [3.63, 3.8) is 0 Å². The Balaban J connectivity index is 2.07. The Morgan fingerprint density at radius 3 is 2.60 bits per heavy atom. The number of halogens is 1. The van der Waals surface area contributed by atoms with E-state index in [4.69, 9.17) is 5.73 Å². The minimum absolute atomic E-state index is 0.0729. The van der Waals surface area contributed by atoms with Gasteiger partial charge in [-0.2, -0.15) is 0 Å². The van der Waals surface area contributed by atoms with Gasteiger partial charge in [-0.15, -0.1) is 11.3 Å². The molecule has 2 rings (SSSR count). The molecule has 2 N–H and O–H groups in total. The van der Waals surface area contributed by atoms with Crippen molar-refractivity contribution in [1.29, 1.82) is 0 Å². The maximum atomic E-state index is 6.11. The van der Waals surface area contributed by atoms with Gasteiger partial charge in [0.05, 0.1) is 3.79 Å². The number of aromatic nitrogens is 1. The molecule has 0 bridgehead atoms. The van der Waals surface area contributed by atoms with E-state index in [1.165, 1.54) is 10.4 Å². The second-order valence-corrected chi connectivity index (χ2v) is 5.80. The molecule has 0 fully saturated rings. The van der Waals surface area contributed by atoms with Gasteiger partial charge >= 0.3 is 0 Å². The average molecular weight is 283 g/mol. The Morgan fingerprint density at radius 2 is 2.00 bits per heavy atom. The van der Waals surface area contributed by atoms with Crippen molar-refractivity contribution in [3.8, 4) is 0 Å². The monoisotopic (exact) mass is 282 g/mol. The summed E-state index contributed by atoms with van der Waals surface area (Å²) < 4.78 is 1.13. The Bertz CT molecular complexity index is 427. The first kappa shape index (κ1) is 10.8. The largest absolute Gasteiger partial charge is 0.323 e. The van der Waals surface area contributed by atoms with Gasteiger partial charge in [-0.3, -0.25) is 4.98 Å². The molecule has 2 heterocycles. The van der Waals surface area contributed by atoms with E-state index in [9.17, 15) is 0 Å². The van der Waals surface area contributed by atoms with Gasteiger partial charge in [-0.25, -0.2) is 0 Å². The van der Waals surface area contributed by atoms with Crippen molar-refractivity contribution in [2.24, 2.45) is 5.73 Å². The predicted molar refractivity (Wildman–Crippen MR) is 66.9 cm³/mol. The van der Waals surface area contributed by atoms with Crippen LogP contribution in [0, 0.1) is 0 Å². The molecule has 2 nitrogen and oxygen atoms in total. The lowest BCUT2D eigenvalue weighted by molar-refractivity contribution is 0.735. The molecule has 2 aromatic heterocycles. The lowest BCUT2D eigenvalue weighted by Crippen LogP contribution is -2.11. The number of hydrogen-bond donors (Lipinski definition) is 1. The fraction of sp³-hybridized carbons (Fsp3) is 0.182. The molecular weight excluding hydrogens is 272 g/mol. The smallest absolute Gasteiger partial charge is 0.0701 e. The first-order valence-electron chi connectivity index (χ1n) is 4.65. The predicted octanol–water partition coefficient (Wildman–Crippen LogP) is 3.15. The van der Waals surface area contributed by atoms with Crippen LogP contribution in [0.2, 0.25) is 0 Å². The zero-order chi connectivity index (χ0) is 10.7. The fourth-order valence-electron chi connectivity index (χ4n) is 1.40. The Kier molecular flexibility index (Phi) is 3.51. The summed E-state index contributed by atoms with van der Waals surface area (Å²) in [6, 6.07) is 8.18. The van der Waals surface area contributed by atoms with Gasteiger partial charge in [-0.1, -0.05) is 0 Å². The Hall–Kier alpha value is -0.710. The van der Waals surface area contributed by atoms with Gasteiger partial charge < -0.3 is 5.73 Å². The number of nitrogens with two attached hydrogens (primary N) is 1. The highest BCUT2D eigenvalue weighted by atomic mass is 79.9. The molecule has 0 saturated carbocycles. The molecule has 0 aromatic carbocycles. The van der Waals surface area contributed by atoms with Crippen molar-refractivity contribution in [2.75, 3.05) is 0 Å². The summed E-state index contributed by atoms with van der Waals surface area (Å²) in [7, 11) is 0. The lowest BCUT2D eigenvalue weighted by Gasteiger charge is -2.08. The van der Waals surface area contributed by atoms with E-state index in [1.54, 1.807) is 23.7 Å². The van der Waals surface area contributed by atoms with Gasteiger partial charge in [0.25, 0.3) is 0 Å². The van der Waals surface area contributed by atoms with E-state index in [1.807, 2.05) is 18.2 Å².